The maximum absolute atomic E-state index is 2.56. The van der Waals surface area contributed by atoms with Gasteiger partial charge in [0.25, 0.3) is 0 Å². The van der Waals surface area contributed by atoms with Gasteiger partial charge in [-0.25, -0.2) is 0 Å². The van der Waals surface area contributed by atoms with Crippen molar-refractivity contribution < 1.29 is 0 Å². The van der Waals surface area contributed by atoms with E-state index in [2.05, 4.69) is 270 Å². The number of nitrogens with zero attached hydrogens (tertiary/aromatic N) is 2. The molecule has 0 spiro atoms. The number of anilines is 3. The lowest BCUT2D eigenvalue weighted by atomic mass is 9.67. The van der Waals surface area contributed by atoms with Crippen LogP contribution in [0.25, 0.3) is 71.6 Å². The van der Waals surface area contributed by atoms with Crippen molar-refractivity contribution in [2.24, 2.45) is 0 Å². The molecule has 1 aromatic heterocycles. The lowest BCUT2D eigenvalue weighted by molar-refractivity contribution is 0.443. The predicted octanol–water partition coefficient (Wildman–Crippen LogP) is 19.2. The quantitative estimate of drug-likeness (QED) is 0.140. The molecule has 12 aromatic rings. The number of benzene rings is 11. The number of hydrogen-bond acceptors (Lipinski definition) is 1. The van der Waals surface area contributed by atoms with Crippen LogP contribution in [0, 0.1) is 0 Å². The van der Waals surface area contributed by atoms with Gasteiger partial charge in [-0.2, -0.15) is 0 Å². The van der Waals surface area contributed by atoms with Gasteiger partial charge in [0.2, 0.25) is 0 Å². The van der Waals surface area contributed by atoms with Gasteiger partial charge in [-0.3, -0.25) is 0 Å². The number of rotatable bonds is 9. The Labute approximate surface area is 428 Å². The summed E-state index contributed by atoms with van der Waals surface area (Å²) < 4.78 is 2.40. The van der Waals surface area contributed by atoms with Crippen LogP contribution in [0.5, 0.6) is 0 Å². The highest BCUT2D eigenvalue weighted by atomic mass is 15.1. The maximum atomic E-state index is 2.56. The van der Waals surface area contributed by atoms with Crippen LogP contribution >= 0.6 is 0 Å². The van der Waals surface area contributed by atoms with Crippen LogP contribution in [0.15, 0.2) is 261 Å². The molecule has 2 aliphatic carbocycles. The van der Waals surface area contributed by atoms with E-state index in [0.29, 0.717) is 5.92 Å². The van der Waals surface area contributed by atoms with Crippen LogP contribution in [0.2, 0.25) is 0 Å². The molecule has 11 aromatic carbocycles. The Bertz CT molecular complexity index is 3930. The fraction of sp³-hybridized carbons (Fsp3) is 0.0986. The highest BCUT2D eigenvalue weighted by Gasteiger charge is 2.46. The first-order valence-electron chi connectivity index (χ1n) is 26.2. The van der Waals surface area contributed by atoms with Crippen LogP contribution in [-0.4, -0.2) is 4.57 Å². The second-order valence-corrected chi connectivity index (χ2v) is 20.2. The van der Waals surface area contributed by atoms with Crippen molar-refractivity contribution in [1.82, 2.24) is 4.57 Å². The maximum Gasteiger partial charge on any atom is 0.0713 e. The monoisotopic (exact) mass is 934 g/mol. The van der Waals surface area contributed by atoms with Crippen LogP contribution in [0.3, 0.4) is 0 Å². The van der Waals surface area contributed by atoms with Crippen molar-refractivity contribution >= 4 is 49.6 Å². The number of aromatic nitrogens is 1. The highest BCUT2D eigenvalue weighted by molar-refractivity contribution is 6.10. The smallest absolute Gasteiger partial charge is 0.0713 e. The van der Waals surface area contributed by atoms with Gasteiger partial charge in [-0.15, -0.1) is 0 Å². The highest BCUT2D eigenvalue weighted by Crippen LogP contribution is 2.57. The molecule has 0 N–H and O–H groups in total. The molecule has 0 radical (unpaired) electrons. The van der Waals surface area contributed by atoms with Gasteiger partial charge < -0.3 is 9.47 Å². The lowest BCUT2D eigenvalue weighted by Gasteiger charge is -2.35. The van der Waals surface area contributed by atoms with Crippen molar-refractivity contribution in [3.05, 3.63) is 289 Å². The standard InChI is InChI=1S/C71H54N2/c1-4-20-49(21-5-1)52-38-47-66-64(48-52)59-28-10-14-34-65(59)71(66,53-26-8-3-9-27-53)54-39-41-55(42-40-54)72(56-43-45-57(46-44-56)73-68-36-16-11-29-60(68)61-30-12-17-37-69(61)73)67-35-15-13-31-62(67)63-33-19-25-51-24-18-32-58(70(51)63)50-22-6-2-7-23-50/h2-3,6-19,22-49H,1,4-5,20-21H2. The SMILES string of the molecule is c1ccc(-c2cccc3cccc(-c4ccccc4N(c4ccc(-n5c6ccccc6c6ccccc65)cc4)c4ccc(C5(c6ccccc6)c6ccccc6-c6cc(C7CCCCC7)ccc65)cc4)c23)cc1. The number of para-hydroxylation sites is 3. The first-order chi connectivity index (χ1) is 36.2. The minimum Gasteiger partial charge on any atom is -0.310 e. The van der Waals surface area contributed by atoms with E-state index in [0.717, 1.165) is 22.7 Å². The van der Waals surface area contributed by atoms with E-state index in [1.54, 1.807) is 0 Å². The van der Waals surface area contributed by atoms with Gasteiger partial charge in [0, 0.05) is 33.4 Å². The van der Waals surface area contributed by atoms with Gasteiger partial charge in [-0.05, 0) is 140 Å². The van der Waals surface area contributed by atoms with Gasteiger partial charge in [0.15, 0.2) is 0 Å². The fourth-order valence-electron chi connectivity index (χ4n) is 13.0. The van der Waals surface area contributed by atoms with Gasteiger partial charge in [-0.1, -0.05) is 226 Å². The molecule has 348 valence electrons. The van der Waals surface area contributed by atoms with Crippen molar-refractivity contribution in [3.63, 3.8) is 0 Å². The first kappa shape index (κ1) is 43.1. The first-order valence-corrected chi connectivity index (χ1v) is 26.2. The summed E-state index contributed by atoms with van der Waals surface area (Å²) in [7, 11) is 0. The average molecular weight is 935 g/mol. The van der Waals surface area contributed by atoms with Crippen molar-refractivity contribution in [2.75, 3.05) is 4.90 Å². The van der Waals surface area contributed by atoms with Gasteiger partial charge in [0.1, 0.15) is 0 Å². The van der Waals surface area contributed by atoms with E-state index in [1.807, 2.05) is 0 Å². The van der Waals surface area contributed by atoms with E-state index in [4.69, 9.17) is 0 Å². The summed E-state index contributed by atoms with van der Waals surface area (Å²) in [5.41, 5.74) is 20.6. The summed E-state index contributed by atoms with van der Waals surface area (Å²) in [6.07, 6.45) is 6.56. The molecule has 2 heteroatoms. The Morgan fingerprint density at radius 2 is 0.932 bits per heavy atom. The minimum absolute atomic E-state index is 0.500. The van der Waals surface area contributed by atoms with Crippen molar-refractivity contribution in [2.45, 2.75) is 43.4 Å². The van der Waals surface area contributed by atoms with Crippen molar-refractivity contribution in [1.29, 1.82) is 0 Å². The Morgan fingerprint density at radius 3 is 1.64 bits per heavy atom. The molecule has 73 heavy (non-hydrogen) atoms. The largest absolute Gasteiger partial charge is 0.310 e. The second-order valence-electron chi connectivity index (χ2n) is 20.2. The van der Waals surface area contributed by atoms with Crippen LogP contribution in [0.4, 0.5) is 17.1 Å². The summed E-state index contributed by atoms with van der Waals surface area (Å²) in [6, 6.07) is 97.5. The molecule has 1 atom stereocenters. The molecule has 0 bridgehead atoms. The molecule has 2 aliphatic rings. The Hall–Kier alpha value is -8.72. The summed E-state index contributed by atoms with van der Waals surface area (Å²) in [5.74, 6) is 0.626. The number of fused-ring (bicyclic) bond motifs is 7. The van der Waals surface area contributed by atoms with Crippen molar-refractivity contribution in [3.8, 4) is 39.1 Å². The molecular formula is C71H54N2. The molecule has 0 amide bonds. The molecule has 0 aliphatic heterocycles. The normalized spacial score (nSPS) is 15.4. The summed E-state index contributed by atoms with van der Waals surface area (Å²) >= 11 is 0. The van der Waals surface area contributed by atoms with Crippen LogP contribution in [0.1, 0.15) is 65.8 Å². The molecule has 0 saturated heterocycles. The topological polar surface area (TPSA) is 8.17 Å². The molecule has 1 unspecified atom stereocenters. The summed E-state index contributed by atoms with van der Waals surface area (Å²) in [5, 5.41) is 4.98. The zero-order valence-corrected chi connectivity index (χ0v) is 40.8. The fourth-order valence-corrected chi connectivity index (χ4v) is 13.0. The molecule has 1 heterocycles. The molecular weight excluding hydrogens is 881 g/mol. The average Bonchev–Trinajstić information content (AvgIpc) is 3.97. The summed E-state index contributed by atoms with van der Waals surface area (Å²) in [6.45, 7) is 0. The van der Waals surface area contributed by atoms with E-state index in [9.17, 15) is 0 Å². The molecule has 2 nitrogen and oxygen atoms in total. The molecule has 14 rings (SSSR count). The second kappa shape index (κ2) is 17.8. The molecule has 1 fully saturated rings. The third kappa shape index (κ3) is 7.00. The summed E-state index contributed by atoms with van der Waals surface area (Å²) in [4.78, 5) is 2.47. The zero-order chi connectivity index (χ0) is 48.3. The lowest BCUT2D eigenvalue weighted by Crippen LogP contribution is -2.28. The zero-order valence-electron chi connectivity index (χ0n) is 40.8. The molecule has 1 saturated carbocycles. The van der Waals surface area contributed by atoms with E-state index < -0.39 is 5.41 Å². The van der Waals surface area contributed by atoms with E-state index >= 15 is 0 Å². The van der Waals surface area contributed by atoms with E-state index in [1.165, 1.54) is 126 Å². The Balaban J connectivity index is 0.964. The number of hydrogen-bond donors (Lipinski definition) is 0. The van der Waals surface area contributed by atoms with Crippen LogP contribution < -0.4 is 4.90 Å². The van der Waals surface area contributed by atoms with Crippen LogP contribution in [-0.2, 0) is 5.41 Å². The Kier molecular flexibility index (Phi) is 10.5. The van der Waals surface area contributed by atoms with E-state index in [-0.39, 0.29) is 0 Å². The third-order valence-electron chi connectivity index (χ3n) is 16.3. The minimum atomic E-state index is -0.500. The Morgan fingerprint density at radius 1 is 0.384 bits per heavy atom. The van der Waals surface area contributed by atoms with Gasteiger partial charge in [0.05, 0.1) is 22.1 Å². The third-order valence-corrected chi connectivity index (χ3v) is 16.3. The van der Waals surface area contributed by atoms with Gasteiger partial charge >= 0.3 is 0 Å². The predicted molar refractivity (Wildman–Crippen MR) is 307 cm³/mol.